The number of aromatic amines is 2. The summed E-state index contributed by atoms with van der Waals surface area (Å²) in [6, 6.07) is 13.1. The van der Waals surface area contributed by atoms with Crippen LogP contribution in [0.3, 0.4) is 0 Å². The molecule has 0 atom stereocenters. The van der Waals surface area contributed by atoms with Crippen LogP contribution in [0.5, 0.6) is 0 Å². The Morgan fingerprint density at radius 3 is 2.72 bits per heavy atom. The van der Waals surface area contributed by atoms with Crippen molar-refractivity contribution in [3.05, 3.63) is 78.8 Å². The number of hydrogen-bond acceptors (Lipinski definition) is 5. The minimum Gasteiger partial charge on any atom is -0.336 e. The molecule has 0 aliphatic rings. The van der Waals surface area contributed by atoms with Gasteiger partial charge in [-0.3, -0.25) is 19.9 Å². The van der Waals surface area contributed by atoms with Crippen LogP contribution in [0.4, 0.5) is 14.5 Å². The number of aromatic nitrogens is 6. The number of H-pyrrole nitrogens is 2. The van der Waals surface area contributed by atoms with Crippen molar-refractivity contribution >= 4 is 33.5 Å². The van der Waals surface area contributed by atoms with Gasteiger partial charge in [-0.2, -0.15) is 5.10 Å². The molecule has 2 aromatic carbocycles. The molecule has 0 unspecified atom stereocenters. The molecule has 0 aliphatic carbocycles. The maximum absolute atomic E-state index is 16.1. The Morgan fingerprint density at radius 2 is 1.87 bits per heavy atom. The van der Waals surface area contributed by atoms with Crippen LogP contribution in [-0.4, -0.2) is 36.0 Å². The lowest BCUT2D eigenvalue weighted by atomic mass is 10.0. The topological polar surface area (TPSA) is 112 Å². The smallest absolute Gasteiger partial charge is 0.224 e. The van der Waals surface area contributed by atoms with Gasteiger partial charge in [-0.15, -0.1) is 0 Å². The zero-order chi connectivity index (χ0) is 26.9. The first-order valence-corrected chi connectivity index (χ1v) is 12.6. The molecule has 8 nitrogen and oxygen atoms in total. The van der Waals surface area contributed by atoms with Crippen LogP contribution in [0, 0.1) is 11.6 Å². The highest BCUT2D eigenvalue weighted by Gasteiger charge is 2.21. The number of rotatable bonds is 7. The normalized spacial score (nSPS) is 11.4. The van der Waals surface area contributed by atoms with Gasteiger partial charge < -0.3 is 10.3 Å². The lowest BCUT2D eigenvalue weighted by molar-refractivity contribution is -0.116. The van der Waals surface area contributed by atoms with Crippen LogP contribution in [0.25, 0.3) is 55.8 Å². The minimum atomic E-state index is -0.514. The van der Waals surface area contributed by atoms with E-state index in [1.54, 1.807) is 54.9 Å². The van der Waals surface area contributed by atoms with Crippen LogP contribution < -0.4 is 5.32 Å². The number of pyridine rings is 2. The van der Waals surface area contributed by atoms with Crippen LogP contribution in [-0.2, 0) is 4.79 Å². The molecular formula is C29H23F2N7O. The Balaban J connectivity index is 1.42. The number of nitrogens with zero attached hydrogens (tertiary/aromatic N) is 4. The number of unbranched alkanes of at least 4 members (excludes halogenated alkanes) is 1. The summed E-state index contributed by atoms with van der Waals surface area (Å²) < 4.78 is 30.6. The van der Waals surface area contributed by atoms with E-state index in [0.717, 1.165) is 12.8 Å². The van der Waals surface area contributed by atoms with Gasteiger partial charge in [-0.05, 0) is 42.8 Å². The van der Waals surface area contributed by atoms with Crippen molar-refractivity contribution in [2.45, 2.75) is 26.2 Å². The molecule has 0 fully saturated rings. The number of halogens is 2. The second-order valence-corrected chi connectivity index (χ2v) is 9.16. The molecular weight excluding hydrogens is 500 g/mol. The third kappa shape index (κ3) is 4.50. The van der Waals surface area contributed by atoms with E-state index < -0.39 is 11.6 Å². The lowest BCUT2D eigenvalue weighted by Gasteiger charge is -2.08. The van der Waals surface area contributed by atoms with Gasteiger partial charge in [0, 0.05) is 35.5 Å². The molecule has 194 valence electrons. The predicted molar refractivity (Wildman–Crippen MR) is 146 cm³/mol. The summed E-state index contributed by atoms with van der Waals surface area (Å²) >= 11 is 0. The maximum atomic E-state index is 16.1. The summed E-state index contributed by atoms with van der Waals surface area (Å²) in [7, 11) is 0. The first-order valence-electron chi connectivity index (χ1n) is 12.6. The monoisotopic (exact) mass is 523 g/mol. The first kappa shape index (κ1) is 24.4. The summed E-state index contributed by atoms with van der Waals surface area (Å²) in [5.74, 6) is -0.730. The minimum absolute atomic E-state index is 0.113. The van der Waals surface area contributed by atoms with Crippen molar-refractivity contribution < 1.29 is 13.6 Å². The number of benzene rings is 2. The van der Waals surface area contributed by atoms with Crippen LogP contribution in [0.15, 0.2) is 67.1 Å². The number of carbonyl (C=O) groups is 1. The Bertz CT molecular complexity index is 1840. The second kappa shape index (κ2) is 10.1. The van der Waals surface area contributed by atoms with E-state index in [1.165, 1.54) is 12.3 Å². The number of carbonyl (C=O) groups excluding carboxylic acids is 1. The fraction of sp³-hybridized carbons (Fsp3) is 0.138. The molecule has 3 N–H and O–H groups in total. The molecule has 1 amide bonds. The van der Waals surface area contributed by atoms with Crippen molar-refractivity contribution in [1.29, 1.82) is 0 Å². The molecule has 39 heavy (non-hydrogen) atoms. The standard InChI is InChI=1S/C29H23F2N7O/c1-2-3-8-23(39)34-17-13-16(14-32-15-17)18-9-10-21-24(25(18)31)28(38-37-21)29-35-22-11-12-33-26(27(22)36-29)19-6-4-5-7-20(19)30/h4-7,9-15H,2-3,8H2,1H3,(H,34,39)(H,35,36)(H,37,38). The van der Waals surface area contributed by atoms with Crippen LogP contribution in [0.2, 0.25) is 0 Å². The quantitative estimate of drug-likeness (QED) is 0.217. The number of fused-ring (bicyclic) bond motifs is 2. The molecule has 0 radical (unpaired) electrons. The fourth-order valence-corrected chi connectivity index (χ4v) is 4.58. The number of hydrogen-bond donors (Lipinski definition) is 3. The summed E-state index contributed by atoms with van der Waals surface area (Å²) in [6.45, 7) is 2.02. The van der Waals surface area contributed by atoms with E-state index in [4.69, 9.17) is 0 Å². The van der Waals surface area contributed by atoms with Crippen molar-refractivity contribution in [1.82, 2.24) is 30.1 Å². The van der Waals surface area contributed by atoms with Gasteiger partial charge in [-0.25, -0.2) is 13.8 Å². The van der Waals surface area contributed by atoms with Crippen molar-refractivity contribution in [3.63, 3.8) is 0 Å². The summed E-state index contributed by atoms with van der Waals surface area (Å²) in [5, 5.41) is 10.3. The van der Waals surface area contributed by atoms with Crippen molar-refractivity contribution in [2.24, 2.45) is 0 Å². The molecule has 0 saturated heterocycles. The molecule has 4 heterocycles. The van der Waals surface area contributed by atoms with Crippen LogP contribution >= 0.6 is 0 Å². The fourth-order valence-electron chi connectivity index (χ4n) is 4.58. The summed E-state index contributed by atoms with van der Waals surface area (Å²) in [4.78, 5) is 28.5. The summed E-state index contributed by atoms with van der Waals surface area (Å²) in [6.07, 6.45) is 6.74. The highest BCUT2D eigenvalue weighted by molar-refractivity contribution is 5.98. The molecule has 6 aromatic rings. The first-order chi connectivity index (χ1) is 19.0. The van der Waals surface area contributed by atoms with E-state index in [9.17, 15) is 9.18 Å². The largest absolute Gasteiger partial charge is 0.336 e. The van der Waals surface area contributed by atoms with E-state index >= 15 is 4.39 Å². The Kier molecular flexibility index (Phi) is 6.28. The average Bonchev–Trinajstić information content (AvgIpc) is 3.57. The number of amides is 1. The average molecular weight is 524 g/mol. The SMILES string of the molecule is CCCCC(=O)Nc1cncc(-c2ccc3[nH]nc(-c4nc5c(-c6ccccc6F)nccc5[nH]4)c3c2F)c1. The van der Waals surface area contributed by atoms with Crippen molar-refractivity contribution in [3.8, 4) is 33.9 Å². The summed E-state index contributed by atoms with van der Waals surface area (Å²) in [5.41, 5.74) is 3.80. The molecule has 4 aromatic heterocycles. The third-order valence-corrected chi connectivity index (χ3v) is 6.51. The molecule has 10 heteroatoms. The number of nitrogens with one attached hydrogen (secondary N) is 3. The van der Waals surface area contributed by atoms with Gasteiger partial charge in [0.1, 0.15) is 28.5 Å². The third-order valence-electron chi connectivity index (χ3n) is 6.51. The van der Waals surface area contributed by atoms with Crippen LogP contribution in [0.1, 0.15) is 26.2 Å². The Labute approximate surface area is 221 Å². The molecule has 0 saturated carbocycles. The van der Waals surface area contributed by atoms with Gasteiger partial charge in [0.25, 0.3) is 0 Å². The highest BCUT2D eigenvalue weighted by atomic mass is 19.1. The van der Waals surface area contributed by atoms with E-state index in [0.29, 0.717) is 56.9 Å². The number of anilines is 1. The van der Waals surface area contributed by atoms with E-state index in [1.807, 2.05) is 6.92 Å². The van der Waals surface area contributed by atoms with E-state index in [2.05, 4.69) is 35.5 Å². The Morgan fingerprint density at radius 1 is 1.00 bits per heavy atom. The van der Waals surface area contributed by atoms with Gasteiger partial charge in [0.2, 0.25) is 5.91 Å². The van der Waals surface area contributed by atoms with Crippen molar-refractivity contribution in [2.75, 3.05) is 5.32 Å². The maximum Gasteiger partial charge on any atom is 0.224 e. The van der Waals surface area contributed by atoms with Gasteiger partial charge in [0.15, 0.2) is 5.82 Å². The zero-order valence-corrected chi connectivity index (χ0v) is 20.9. The molecule has 0 aliphatic heterocycles. The van der Waals surface area contributed by atoms with Gasteiger partial charge in [-0.1, -0.05) is 25.5 Å². The van der Waals surface area contributed by atoms with Gasteiger partial charge >= 0.3 is 0 Å². The zero-order valence-electron chi connectivity index (χ0n) is 20.9. The lowest BCUT2D eigenvalue weighted by Crippen LogP contribution is -2.11. The molecule has 0 bridgehead atoms. The van der Waals surface area contributed by atoms with E-state index in [-0.39, 0.29) is 17.0 Å². The highest BCUT2D eigenvalue weighted by Crippen LogP contribution is 2.35. The van der Waals surface area contributed by atoms with Gasteiger partial charge in [0.05, 0.1) is 28.3 Å². The Hall–Kier alpha value is -4.99. The molecule has 0 spiro atoms. The molecule has 6 rings (SSSR count). The second-order valence-electron chi connectivity index (χ2n) is 9.16. The predicted octanol–water partition coefficient (Wildman–Crippen LogP) is 6.64. The number of imidazole rings is 1.